The van der Waals surface area contributed by atoms with Crippen molar-refractivity contribution in [1.29, 1.82) is 0 Å². The molecule has 0 aliphatic heterocycles. The number of carbonyl (C=O) groups excluding carboxylic acids is 2. The van der Waals surface area contributed by atoms with Gasteiger partial charge in [-0.3, -0.25) is 0 Å². The van der Waals surface area contributed by atoms with E-state index in [1.165, 1.54) is 24.3 Å². The van der Waals surface area contributed by atoms with E-state index in [9.17, 15) is 23.5 Å². The third kappa shape index (κ3) is 5.63. The van der Waals surface area contributed by atoms with Gasteiger partial charge in [0.15, 0.2) is 12.9 Å². The average molecular weight is 385 g/mol. The zero-order chi connectivity index (χ0) is 19.9. The molecule has 0 saturated heterocycles. The van der Waals surface area contributed by atoms with Crippen molar-refractivity contribution >= 4 is 11.9 Å². The Hall–Kier alpha value is -2.22. The maximum atomic E-state index is 14.1. The van der Waals surface area contributed by atoms with Crippen LogP contribution in [-0.4, -0.2) is 37.4 Å². The van der Waals surface area contributed by atoms with Crippen molar-refractivity contribution in [2.24, 2.45) is 5.92 Å². The molecule has 0 radical (unpaired) electrons. The summed E-state index contributed by atoms with van der Waals surface area (Å²) in [7, 11) is 0. The number of aliphatic carboxylic acids is 1. The van der Waals surface area contributed by atoms with Crippen LogP contribution in [0.5, 0.6) is 5.75 Å². The summed E-state index contributed by atoms with van der Waals surface area (Å²) in [5.74, 6) is -8.08. The highest BCUT2D eigenvalue weighted by atomic mass is 19.3. The van der Waals surface area contributed by atoms with Crippen molar-refractivity contribution in [1.82, 2.24) is 0 Å². The van der Waals surface area contributed by atoms with Crippen molar-refractivity contribution in [3.05, 3.63) is 29.8 Å². The largest absolute Gasteiger partial charge is 0.544 e. The summed E-state index contributed by atoms with van der Waals surface area (Å²) in [5.41, 5.74) is 0.0220. The minimum absolute atomic E-state index is 0.0220. The molecule has 1 aromatic rings. The first-order valence-electron chi connectivity index (χ1n) is 8.97. The fraction of sp³-hybridized carbons (Fsp3) is 0.579. The predicted molar refractivity (Wildman–Crippen MR) is 89.3 cm³/mol. The summed E-state index contributed by atoms with van der Waals surface area (Å²) in [5, 5.41) is 10.9. The molecule has 6 nitrogen and oxygen atoms in total. The topological polar surface area (TPSA) is 84.9 Å². The molecule has 8 heteroatoms. The monoisotopic (exact) mass is 385 g/mol. The Morgan fingerprint density at radius 2 is 1.81 bits per heavy atom. The molecule has 1 fully saturated rings. The van der Waals surface area contributed by atoms with Crippen molar-refractivity contribution < 1.29 is 37.7 Å². The number of ether oxygens (including phenoxy) is 3. The van der Waals surface area contributed by atoms with Crippen LogP contribution in [0.2, 0.25) is 0 Å². The van der Waals surface area contributed by atoms with Crippen LogP contribution in [0.25, 0.3) is 0 Å². The van der Waals surface area contributed by atoms with E-state index in [4.69, 9.17) is 14.2 Å². The Bertz CT molecular complexity index is 626. The van der Waals surface area contributed by atoms with Gasteiger partial charge in [0.25, 0.3) is 0 Å². The third-order valence-corrected chi connectivity index (χ3v) is 4.54. The van der Waals surface area contributed by atoms with Crippen molar-refractivity contribution in [2.45, 2.75) is 51.1 Å². The van der Waals surface area contributed by atoms with Gasteiger partial charge in [-0.1, -0.05) is 19.3 Å². The van der Waals surface area contributed by atoms with E-state index in [1.807, 2.05) is 6.92 Å². The summed E-state index contributed by atoms with van der Waals surface area (Å²) in [6.45, 7) is 2.34. The highest BCUT2D eigenvalue weighted by Crippen LogP contribution is 2.36. The minimum Gasteiger partial charge on any atom is -0.544 e. The standard InChI is InChI=1S/C19H24F2O6/c1-2-25-12-26-15-10-8-14(9-11-15)17(22)27-16(19(20,21)18(23)24)13-6-4-3-5-7-13/h8-11,13,16H,2-7,12H2,1H3,(H,23,24)/p-1. The molecule has 0 amide bonds. The molecule has 1 aliphatic rings. The first kappa shape index (κ1) is 21.1. The van der Waals surface area contributed by atoms with E-state index in [1.54, 1.807) is 0 Å². The van der Waals surface area contributed by atoms with E-state index in [0.29, 0.717) is 38.0 Å². The lowest BCUT2D eigenvalue weighted by molar-refractivity contribution is -0.337. The third-order valence-electron chi connectivity index (χ3n) is 4.54. The number of hydrogen-bond donors (Lipinski definition) is 0. The SMILES string of the molecule is CCOCOc1ccc(C(=O)OC(C2CCCCC2)C(F)(F)C(=O)[O-])cc1. The summed E-state index contributed by atoms with van der Waals surface area (Å²) in [6.07, 6.45) is 0.971. The molecule has 1 aliphatic carbocycles. The summed E-state index contributed by atoms with van der Waals surface area (Å²) < 4.78 is 43.5. The van der Waals surface area contributed by atoms with Crippen LogP contribution < -0.4 is 9.84 Å². The van der Waals surface area contributed by atoms with Gasteiger partial charge >= 0.3 is 11.9 Å². The second-order valence-corrected chi connectivity index (χ2v) is 6.41. The minimum atomic E-state index is -4.25. The highest BCUT2D eigenvalue weighted by Gasteiger charge is 2.48. The Balaban J connectivity index is 2.09. The van der Waals surface area contributed by atoms with Crippen LogP contribution >= 0.6 is 0 Å². The quantitative estimate of drug-likeness (QED) is 0.369. The van der Waals surface area contributed by atoms with Crippen molar-refractivity contribution in [2.75, 3.05) is 13.4 Å². The van der Waals surface area contributed by atoms with Gasteiger partial charge in [0.2, 0.25) is 0 Å². The lowest BCUT2D eigenvalue weighted by atomic mass is 9.83. The average Bonchev–Trinajstić information content (AvgIpc) is 2.67. The number of carboxylic acid groups (broad SMARTS) is 1. The van der Waals surface area contributed by atoms with Crippen LogP contribution in [-0.2, 0) is 14.3 Å². The molecule has 0 N–H and O–H groups in total. The van der Waals surface area contributed by atoms with E-state index in [0.717, 1.165) is 6.42 Å². The molecule has 0 heterocycles. The van der Waals surface area contributed by atoms with Gasteiger partial charge < -0.3 is 24.1 Å². The van der Waals surface area contributed by atoms with Gasteiger partial charge in [-0.25, -0.2) is 4.79 Å². The molecule has 0 bridgehead atoms. The summed E-state index contributed by atoms with van der Waals surface area (Å²) in [4.78, 5) is 23.2. The van der Waals surface area contributed by atoms with Crippen LogP contribution in [0.1, 0.15) is 49.4 Å². The van der Waals surface area contributed by atoms with Crippen LogP contribution in [0.4, 0.5) is 8.78 Å². The van der Waals surface area contributed by atoms with Crippen LogP contribution in [0, 0.1) is 5.92 Å². The van der Waals surface area contributed by atoms with E-state index in [2.05, 4.69) is 0 Å². The smallest absolute Gasteiger partial charge is 0.338 e. The Labute approximate surface area is 156 Å². The number of carboxylic acids is 1. The number of halogens is 2. The molecule has 0 spiro atoms. The van der Waals surface area contributed by atoms with Crippen molar-refractivity contribution in [3.8, 4) is 5.75 Å². The summed E-state index contributed by atoms with van der Waals surface area (Å²) in [6, 6.07) is 5.67. The molecule has 1 unspecified atom stereocenters. The highest BCUT2D eigenvalue weighted by molar-refractivity contribution is 5.90. The summed E-state index contributed by atoms with van der Waals surface area (Å²) >= 11 is 0. The zero-order valence-corrected chi connectivity index (χ0v) is 15.1. The molecule has 2 rings (SSSR count). The number of hydrogen-bond acceptors (Lipinski definition) is 6. The maximum absolute atomic E-state index is 14.1. The second kappa shape index (κ2) is 9.64. The number of esters is 1. The molecule has 1 aromatic carbocycles. The molecular formula is C19H23F2O6-. The maximum Gasteiger partial charge on any atom is 0.338 e. The normalized spacial score (nSPS) is 16.6. The van der Waals surface area contributed by atoms with Gasteiger partial charge in [0.1, 0.15) is 11.7 Å². The lowest BCUT2D eigenvalue weighted by Crippen LogP contribution is -2.54. The van der Waals surface area contributed by atoms with Crippen LogP contribution in [0.15, 0.2) is 24.3 Å². The predicted octanol–water partition coefficient (Wildman–Crippen LogP) is 2.55. The molecule has 1 atom stereocenters. The van der Waals surface area contributed by atoms with E-state index >= 15 is 0 Å². The van der Waals surface area contributed by atoms with E-state index in [-0.39, 0.29) is 12.4 Å². The van der Waals surface area contributed by atoms with Gasteiger partial charge in [-0.15, -0.1) is 0 Å². The first-order chi connectivity index (χ1) is 12.9. The van der Waals surface area contributed by atoms with Gasteiger partial charge in [-0.05, 0) is 44.0 Å². The van der Waals surface area contributed by atoms with Crippen LogP contribution in [0.3, 0.4) is 0 Å². The fourth-order valence-electron chi connectivity index (χ4n) is 3.08. The Morgan fingerprint density at radius 3 is 2.37 bits per heavy atom. The first-order valence-corrected chi connectivity index (χ1v) is 8.97. The zero-order valence-electron chi connectivity index (χ0n) is 15.1. The number of alkyl halides is 2. The van der Waals surface area contributed by atoms with E-state index < -0.39 is 29.9 Å². The molecule has 1 saturated carbocycles. The second-order valence-electron chi connectivity index (χ2n) is 6.41. The van der Waals surface area contributed by atoms with Gasteiger partial charge in [0.05, 0.1) is 5.56 Å². The lowest BCUT2D eigenvalue weighted by Gasteiger charge is -2.35. The molecular weight excluding hydrogens is 362 g/mol. The number of carbonyl (C=O) groups is 2. The molecule has 0 aromatic heterocycles. The van der Waals surface area contributed by atoms with Gasteiger partial charge in [-0.2, -0.15) is 8.78 Å². The van der Waals surface area contributed by atoms with Gasteiger partial charge in [0, 0.05) is 12.5 Å². The molecule has 27 heavy (non-hydrogen) atoms. The molecule has 150 valence electrons. The fourth-order valence-corrected chi connectivity index (χ4v) is 3.08. The number of rotatable bonds is 9. The Kier molecular flexibility index (Phi) is 7.53. The van der Waals surface area contributed by atoms with Crippen molar-refractivity contribution in [3.63, 3.8) is 0 Å². The number of benzene rings is 1. The Morgan fingerprint density at radius 1 is 1.19 bits per heavy atom.